The molecule has 0 aromatic carbocycles. The van der Waals surface area contributed by atoms with Crippen LogP contribution in [0.25, 0.3) is 0 Å². The molecular formula is C6H13FO6. The molecular weight excluding hydrogens is 186 g/mol. The lowest BCUT2D eigenvalue weighted by atomic mass is 10.0. The quantitative estimate of drug-likeness (QED) is 0.276. The van der Waals surface area contributed by atoms with Gasteiger partial charge < -0.3 is 30.6 Å². The van der Waals surface area contributed by atoms with E-state index in [1.54, 1.807) is 0 Å². The average Bonchev–Trinajstić information content (AvgIpc) is 2.12. The molecule has 0 aliphatic heterocycles. The van der Waals surface area contributed by atoms with Crippen LogP contribution >= 0.6 is 0 Å². The highest BCUT2D eigenvalue weighted by Gasteiger charge is 2.33. The molecule has 0 bridgehead atoms. The fourth-order valence-corrected chi connectivity index (χ4v) is 0.700. The summed E-state index contributed by atoms with van der Waals surface area (Å²) in [6.07, 6.45) is -10.7. The summed E-state index contributed by atoms with van der Waals surface area (Å²) in [4.78, 5) is 0. The Hall–Kier alpha value is -0.310. The zero-order chi connectivity index (χ0) is 10.6. The Morgan fingerprint density at radius 2 is 1.31 bits per heavy atom. The van der Waals surface area contributed by atoms with Crippen molar-refractivity contribution in [3.05, 3.63) is 0 Å². The predicted octanol–water partition coefficient (Wildman–Crippen LogP) is -3.29. The number of hydrogen-bond acceptors (Lipinski definition) is 6. The maximum absolute atomic E-state index is 12.0. The highest BCUT2D eigenvalue weighted by atomic mass is 18.2. The van der Waals surface area contributed by atoms with E-state index in [1.165, 1.54) is 0 Å². The fraction of sp³-hybridized carbons (Fsp3) is 1.00. The van der Waals surface area contributed by atoms with Gasteiger partial charge >= 0.3 is 0 Å². The third-order valence-electron chi connectivity index (χ3n) is 1.56. The number of rotatable bonds is 5. The summed E-state index contributed by atoms with van der Waals surface area (Å²) in [7, 11) is 0. The Labute approximate surface area is 73.5 Å². The van der Waals surface area contributed by atoms with Crippen molar-refractivity contribution in [2.24, 2.45) is 0 Å². The monoisotopic (exact) mass is 199 g/mol. The number of aliphatic hydroxyl groups is 6. The lowest BCUT2D eigenvalue weighted by Crippen LogP contribution is -2.49. The molecule has 6 nitrogen and oxygen atoms in total. The maximum atomic E-state index is 12.0. The van der Waals surface area contributed by atoms with Gasteiger partial charge in [-0.3, -0.25) is 0 Å². The van der Waals surface area contributed by atoms with E-state index >= 15 is 0 Å². The van der Waals surface area contributed by atoms with E-state index in [-0.39, 0.29) is 0 Å². The summed E-state index contributed by atoms with van der Waals surface area (Å²) in [5.41, 5.74) is 0. The van der Waals surface area contributed by atoms with Gasteiger partial charge in [-0.2, -0.15) is 0 Å². The van der Waals surface area contributed by atoms with Crippen molar-refractivity contribution in [3.63, 3.8) is 0 Å². The maximum Gasteiger partial charge on any atom is 0.225 e. The molecule has 13 heavy (non-hydrogen) atoms. The van der Waals surface area contributed by atoms with Gasteiger partial charge in [-0.15, -0.1) is 0 Å². The third-order valence-corrected chi connectivity index (χ3v) is 1.56. The molecule has 0 saturated heterocycles. The van der Waals surface area contributed by atoms with E-state index in [1.807, 2.05) is 0 Å². The van der Waals surface area contributed by atoms with Gasteiger partial charge in [-0.25, -0.2) is 4.39 Å². The van der Waals surface area contributed by atoms with E-state index in [2.05, 4.69) is 0 Å². The molecule has 0 rings (SSSR count). The normalized spacial score (nSPS) is 23.3. The largest absolute Gasteiger partial charge is 0.394 e. The van der Waals surface area contributed by atoms with E-state index in [0.717, 1.165) is 0 Å². The topological polar surface area (TPSA) is 121 Å². The molecule has 0 fully saturated rings. The molecule has 0 heterocycles. The SMILES string of the molecule is OC[C@@H](O)[C@@H](O)[C@H](O)[C@H](O)C(O)[18F]. The van der Waals surface area contributed by atoms with Gasteiger partial charge in [-0.05, 0) is 0 Å². The molecule has 0 aromatic heterocycles. The second-order valence-corrected chi connectivity index (χ2v) is 2.59. The van der Waals surface area contributed by atoms with Crippen LogP contribution in [0, 0.1) is 0 Å². The third kappa shape index (κ3) is 3.51. The smallest absolute Gasteiger partial charge is 0.225 e. The number of aliphatic hydroxyl groups excluding tert-OH is 6. The first kappa shape index (κ1) is 12.7. The zero-order valence-electron chi connectivity index (χ0n) is 6.66. The van der Waals surface area contributed by atoms with Crippen LogP contribution in [-0.2, 0) is 0 Å². The van der Waals surface area contributed by atoms with Crippen LogP contribution in [0.3, 0.4) is 0 Å². The minimum Gasteiger partial charge on any atom is -0.394 e. The van der Waals surface area contributed by atoms with Gasteiger partial charge in [-0.1, -0.05) is 0 Å². The standard InChI is InChI=1S/C6H13FO6/c7-6(13)5(12)4(11)3(10)2(9)1-8/h2-6,8-13H,1H2/t2-,3-,4+,5+,6?/m1/s1/i7-1. The molecule has 0 saturated carbocycles. The predicted molar refractivity (Wildman–Crippen MR) is 38.2 cm³/mol. The van der Waals surface area contributed by atoms with Gasteiger partial charge in [0, 0.05) is 0 Å². The first-order valence-electron chi connectivity index (χ1n) is 3.57. The van der Waals surface area contributed by atoms with Crippen LogP contribution in [0.2, 0.25) is 0 Å². The molecule has 0 spiro atoms. The Balaban J connectivity index is 4.15. The highest BCUT2D eigenvalue weighted by Crippen LogP contribution is 2.08. The molecule has 1 unspecified atom stereocenters. The van der Waals surface area contributed by atoms with Crippen molar-refractivity contribution in [1.82, 2.24) is 0 Å². The van der Waals surface area contributed by atoms with Gasteiger partial charge in [0.2, 0.25) is 6.36 Å². The second kappa shape index (κ2) is 5.43. The first-order chi connectivity index (χ1) is 5.91. The Bertz CT molecular complexity index is 143. The number of hydrogen-bond donors (Lipinski definition) is 6. The Morgan fingerprint density at radius 1 is 0.846 bits per heavy atom. The van der Waals surface area contributed by atoms with Crippen LogP contribution in [-0.4, -0.2) is 68.0 Å². The summed E-state index contributed by atoms with van der Waals surface area (Å²) >= 11 is 0. The van der Waals surface area contributed by atoms with Gasteiger partial charge in [0.25, 0.3) is 0 Å². The molecule has 80 valence electrons. The first-order valence-corrected chi connectivity index (χ1v) is 3.57. The van der Waals surface area contributed by atoms with Crippen molar-refractivity contribution in [1.29, 1.82) is 0 Å². The van der Waals surface area contributed by atoms with E-state index in [0.29, 0.717) is 0 Å². The minimum atomic E-state index is -2.73. The number of halogens is 1. The molecule has 6 N–H and O–H groups in total. The van der Waals surface area contributed by atoms with Crippen LogP contribution in [0.15, 0.2) is 0 Å². The van der Waals surface area contributed by atoms with Crippen molar-refractivity contribution < 1.29 is 35.0 Å². The number of alkyl halides is 1. The molecule has 7 heteroatoms. The summed E-state index contributed by atoms with van der Waals surface area (Å²) < 4.78 is 12.0. The lowest BCUT2D eigenvalue weighted by molar-refractivity contribution is -0.165. The van der Waals surface area contributed by atoms with E-state index in [9.17, 15) is 4.39 Å². The van der Waals surface area contributed by atoms with Crippen LogP contribution in [0.4, 0.5) is 4.39 Å². The van der Waals surface area contributed by atoms with E-state index < -0.39 is 37.4 Å². The molecule has 5 atom stereocenters. The van der Waals surface area contributed by atoms with Gasteiger partial charge in [0.05, 0.1) is 6.61 Å². The summed E-state index contributed by atoms with van der Waals surface area (Å²) in [6.45, 7) is -0.854. The minimum absolute atomic E-state index is 0.854. The Morgan fingerprint density at radius 3 is 1.62 bits per heavy atom. The molecule has 0 amide bonds. The van der Waals surface area contributed by atoms with Crippen molar-refractivity contribution in [2.75, 3.05) is 6.61 Å². The van der Waals surface area contributed by atoms with Crippen LogP contribution in [0.1, 0.15) is 0 Å². The van der Waals surface area contributed by atoms with Crippen molar-refractivity contribution >= 4 is 0 Å². The van der Waals surface area contributed by atoms with Gasteiger partial charge in [0.1, 0.15) is 24.4 Å². The van der Waals surface area contributed by atoms with Gasteiger partial charge in [0.15, 0.2) is 0 Å². The zero-order valence-corrected chi connectivity index (χ0v) is 6.66. The second-order valence-electron chi connectivity index (χ2n) is 2.59. The summed E-state index contributed by atoms with van der Waals surface area (Å²) in [5, 5.41) is 51.7. The summed E-state index contributed by atoms with van der Waals surface area (Å²) in [6, 6.07) is 0. The lowest BCUT2D eigenvalue weighted by Gasteiger charge is -2.25. The summed E-state index contributed by atoms with van der Waals surface area (Å²) in [5.74, 6) is 0. The van der Waals surface area contributed by atoms with Crippen molar-refractivity contribution in [3.8, 4) is 0 Å². The average molecular weight is 199 g/mol. The molecule has 0 aliphatic carbocycles. The molecule has 0 aliphatic rings. The highest BCUT2D eigenvalue weighted by molar-refractivity contribution is 4.81. The van der Waals surface area contributed by atoms with Crippen LogP contribution < -0.4 is 0 Å². The molecule has 0 aromatic rings. The van der Waals surface area contributed by atoms with Crippen LogP contribution in [0.5, 0.6) is 0 Å². The fourth-order valence-electron chi connectivity index (χ4n) is 0.700. The Kier molecular flexibility index (Phi) is 5.30. The molecule has 0 radical (unpaired) electrons. The van der Waals surface area contributed by atoms with E-state index in [4.69, 9.17) is 30.6 Å². The van der Waals surface area contributed by atoms with Crippen molar-refractivity contribution in [2.45, 2.75) is 30.8 Å².